The molecule has 0 atom stereocenters. The summed E-state index contributed by atoms with van der Waals surface area (Å²) in [5.74, 6) is -1.19. The van der Waals surface area contributed by atoms with Crippen LogP contribution in [0.25, 0.3) is 0 Å². The van der Waals surface area contributed by atoms with E-state index in [4.69, 9.17) is 9.84 Å². The molecule has 1 aromatic carbocycles. The van der Waals surface area contributed by atoms with Gasteiger partial charge in [0.25, 0.3) is 0 Å². The Hall–Kier alpha value is -1.42. The highest BCUT2D eigenvalue weighted by atomic mass is 19.1. The highest BCUT2D eigenvalue weighted by molar-refractivity contribution is 5.87. The Morgan fingerprint density at radius 2 is 2.05 bits per heavy atom. The van der Waals surface area contributed by atoms with E-state index in [0.717, 1.165) is 44.1 Å². The van der Waals surface area contributed by atoms with E-state index in [1.54, 1.807) is 13.2 Å². The van der Waals surface area contributed by atoms with Gasteiger partial charge in [0.1, 0.15) is 5.82 Å². The fourth-order valence-electron chi connectivity index (χ4n) is 2.91. The van der Waals surface area contributed by atoms with Crippen LogP contribution in [-0.2, 0) is 11.2 Å². The maximum atomic E-state index is 13.6. The van der Waals surface area contributed by atoms with Gasteiger partial charge in [0.2, 0.25) is 0 Å². The summed E-state index contributed by atoms with van der Waals surface area (Å²) in [6, 6.07) is 4.42. The van der Waals surface area contributed by atoms with E-state index in [1.165, 1.54) is 12.1 Å². The Balaban J connectivity index is 1.85. The molecule has 0 bridgehead atoms. The summed E-state index contributed by atoms with van der Waals surface area (Å²) < 4.78 is 18.9. The van der Waals surface area contributed by atoms with Crippen LogP contribution in [0, 0.1) is 11.7 Å². The van der Waals surface area contributed by atoms with Crippen molar-refractivity contribution in [2.45, 2.75) is 44.6 Å². The van der Waals surface area contributed by atoms with Crippen LogP contribution in [0.5, 0.6) is 0 Å². The van der Waals surface area contributed by atoms with Crippen molar-refractivity contribution >= 4 is 5.97 Å². The normalized spacial score (nSPS) is 22.7. The van der Waals surface area contributed by atoms with Gasteiger partial charge in [0.05, 0.1) is 11.7 Å². The summed E-state index contributed by atoms with van der Waals surface area (Å²) in [7, 11) is 1.76. The van der Waals surface area contributed by atoms with Crippen molar-refractivity contribution < 1.29 is 19.0 Å². The van der Waals surface area contributed by atoms with E-state index in [2.05, 4.69) is 0 Å². The second-order valence-corrected chi connectivity index (χ2v) is 5.54. The van der Waals surface area contributed by atoms with Crippen molar-refractivity contribution in [2.75, 3.05) is 7.11 Å². The Labute approximate surface area is 118 Å². The molecule has 0 radical (unpaired) electrons. The van der Waals surface area contributed by atoms with Crippen molar-refractivity contribution in [2.24, 2.45) is 5.92 Å². The molecule has 1 saturated carbocycles. The Morgan fingerprint density at radius 1 is 1.35 bits per heavy atom. The standard InChI is InChI=1S/C16H21FO3/c1-20-13-7-4-11(5-8-13)2-3-12-6-9-14(16(18)19)15(17)10-12/h6,9-11,13H,2-5,7-8H2,1H3,(H,18,19). The SMILES string of the molecule is COC1CCC(CCc2ccc(C(=O)O)c(F)c2)CC1. The van der Waals surface area contributed by atoms with Crippen molar-refractivity contribution in [3.8, 4) is 0 Å². The number of hydrogen-bond acceptors (Lipinski definition) is 2. The average Bonchev–Trinajstić information content (AvgIpc) is 2.45. The summed E-state index contributed by atoms with van der Waals surface area (Å²) in [5, 5.41) is 8.79. The number of carboxylic acids is 1. The van der Waals surface area contributed by atoms with Crippen LogP contribution in [-0.4, -0.2) is 24.3 Å². The number of hydrogen-bond donors (Lipinski definition) is 1. The Kier molecular flexibility index (Phi) is 5.12. The second-order valence-electron chi connectivity index (χ2n) is 5.54. The largest absolute Gasteiger partial charge is 0.478 e. The molecule has 0 aromatic heterocycles. The smallest absolute Gasteiger partial charge is 0.338 e. The Morgan fingerprint density at radius 3 is 2.60 bits per heavy atom. The predicted octanol–water partition coefficient (Wildman–Crippen LogP) is 3.66. The number of halogens is 1. The zero-order valence-electron chi connectivity index (χ0n) is 11.8. The van der Waals surface area contributed by atoms with Crippen molar-refractivity contribution in [3.63, 3.8) is 0 Å². The van der Waals surface area contributed by atoms with Gasteiger partial charge in [0.15, 0.2) is 0 Å². The van der Waals surface area contributed by atoms with Gasteiger partial charge in [-0.3, -0.25) is 0 Å². The highest BCUT2D eigenvalue weighted by Crippen LogP contribution is 2.29. The molecule has 1 N–H and O–H groups in total. The second kappa shape index (κ2) is 6.84. The number of benzene rings is 1. The van der Waals surface area contributed by atoms with Gasteiger partial charge < -0.3 is 9.84 Å². The minimum absolute atomic E-state index is 0.255. The van der Waals surface area contributed by atoms with Gasteiger partial charge in [-0.2, -0.15) is 0 Å². The summed E-state index contributed by atoms with van der Waals surface area (Å²) >= 11 is 0. The lowest BCUT2D eigenvalue weighted by atomic mass is 9.83. The van der Waals surface area contributed by atoms with Crippen molar-refractivity contribution in [3.05, 3.63) is 35.1 Å². The van der Waals surface area contributed by atoms with Gasteiger partial charge in [0, 0.05) is 7.11 Å². The van der Waals surface area contributed by atoms with Crippen molar-refractivity contribution in [1.29, 1.82) is 0 Å². The van der Waals surface area contributed by atoms with E-state index in [-0.39, 0.29) is 5.56 Å². The lowest BCUT2D eigenvalue weighted by molar-refractivity contribution is 0.0556. The molecule has 0 unspecified atom stereocenters. The lowest BCUT2D eigenvalue weighted by Gasteiger charge is -2.27. The van der Waals surface area contributed by atoms with Crippen molar-refractivity contribution in [1.82, 2.24) is 0 Å². The molecule has 0 amide bonds. The first-order chi connectivity index (χ1) is 9.60. The third-order valence-corrected chi connectivity index (χ3v) is 4.23. The molecule has 0 heterocycles. The molecule has 0 saturated heterocycles. The zero-order valence-corrected chi connectivity index (χ0v) is 11.8. The predicted molar refractivity (Wildman–Crippen MR) is 74.4 cm³/mol. The molecule has 2 rings (SSSR count). The van der Waals surface area contributed by atoms with Crippen LogP contribution in [0.1, 0.15) is 48.0 Å². The molecule has 1 aliphatic rings. The highest BCUT2D eigenvalue weighted by Gasteiger charge is 2.20. The molecule has 4 heteroatoms. The number of rotatable bonds is 5. The van der Waals surface area contributed by atoms with Crippen LogP contribution >= 0.6 is 0 Å². The summed E-state index contributed by atoms with van der Waals surface area (Å²) in [4.78, 5) is 10.7. The molecular weight excluding hydrogens is 259 g/mol. The average molecular weight is 280 g/mol. The Bertz CT molecular complexity index is 465. The van der Waals surface area contributed by atoms with E-state index in [9.17, 15) is 9.18 Å². The third kappa shape index (κ3) is 3.79. The molecule has 20 heavy (non-hydrogen) atoms. The number of carbonyl (C=O) groups is 1. The maximum Gasteiger partial charge on any atom is 0.338 e. The summed E-state index contributed by atoms with van der Waals surface area (Å²) in [6.07, 6.45) is 6.77. The minimum atomic E-state index is -1.22. The number of aryl methyl sites for hydroxylation is 1. The molecule has 1 aliphatic carbocycles. The van der Waals surface area contributed by atoms with E-state index in [0.29, 0.717) is 12.0 Å². The first-order valence-corrected chi connectivity index (χ1v) is 7.14. The molecule has 0 spiro atoms. The molecular formula is C16H21FO3. The quantitative estimate of drug-likeness (QED) is 0.895. The van der Waals surface area contributed by atoms with E-state index >= 15 is 0 Å². The van der Waals surface area contributed by atoms with Gasteiger partial charge in [-0.05, 0) is 62.1 Å². The first kappa shape index (κ1) is 15.0. The van der Waals surface area contributed by atoms with Crippen LogP contribution in [0.15, 0.2) is 18.2 Å². The number of methoxy groups -OCH3 is 1. The monoisotopic (exact) mass is 280 g/mol. The first-order valence-electron chi connectivity index (χ1n) is 7.14. The fraction of sp³-hybridized carbons (Fsp3) is 0.562. The molecule has 1 fully saturated rings. The topological polar surface area (TPSA) is 46.5 Å². The molecule has 3 nitrogen and oxygen atoms in total. The zero-order chi connectivity index (χ0) is 14.5. The molecule has 1 aromatic rings. The number of carboxylic acid groups (broad SMARTS) is 1. The van der Waals surface area contributed by atoms with Gasteiger partial charge in [-0.25, -0.2) is 9.18 Å². The molecule has 0 aliphatic heterocycles. The van der Waals surface area contributed by atoms with Crippen LogP contribution in [0.2, 0.25) is 0 Å². The summed E-state index contributed by atoms with van der Waals surface area (Å²) in [6.45, 7) is 0. The lowest BCUT2D eigenvalue weighted by Crippen LogP contribution is -2.20. The van der Waals surface area contributed by atoms with Gasteiger partial charge in [-0.1, -0.05) is 6.07 Å². The minimum Gasteiger partial charge on any atom is -0.478 e. The van der Waals surface area contributed by atoms with Gasteiger partial charge >= 0.3 is 5.97 Å². The third-order valence-electron chi connectivity index (χ3n) is 4.23. The van der Waals surface area contributed by atoms with Crippen LogP contribution in [0.4, 0.5) is 4.39 Å². The van der Waals surface area contributed by atoms with Crippen LogP contribution < -0.4 is 0 Å². The van der Waals surface area contributed by atoms with E-state index < -0.39 is 11.8 Å². The number of aromatic carboxylic acids is 1. The van der Waals surface area contributed by atoms with Gasteiger partial charge in [-0.15, -0.1) is 0 Å². The summed E-state index contributed by atoms with van der Waals surface area (Å²) in [5.41, 5.74) is 0.621. The van der Waals surface area contributed by atoms with E-state index in [1.807, 2.05) is 0 Å². The molecule has 110 valence electrons. The fourth-order valence-corrected chi connectivity index (χ4v) is 2.91. The number of ether oxygens (including phenoxy) is 1. The maximum absolute atomic E-state index is 13.6. The van der Waals surface area contributed by atoms with Crippen LogP contribution in [0.3, 0.4) is 0 Å².